The summed E-state index contributed by atoms with van der Waals surface area (Å²) in [7, 11) is 4.18. The van der Waals surface area contributed by atoms with Gasteiger partial charge in [0.05, 0.1) is 0 Å². The zero-order chi connectivity index (χ0) is 13.5. The molecule has 0 radical (unpaired) electrons. The van der Waals surface area contributed by atoms with Gasteiger partial charge >= 0.3 is 0 Å². The Morgan fingerprint density at radius 2 is 1.53 bits per heavy atom. The molecule has 2 aromatic rings. The van der Waals surface area contributed by atoms with Crippen molar-refractivity contribution in [3.05, 3.63) is 72.3 Å². The Morgan fingerprint density at radius 3 is 2.11 bits per heavy atom. The molecule has 2 rings (SSSR count). The quantitative estimate of drug-likeness (QED) is 0.741. The fourth-order valence-electron chi connectivity index (χ4n) is 1.70. The second-order valence-corrected chi connectivity index (χ2v) is 5.73. The number of nitrogens with zero attached hydrogens (tertiary/aromatic N) is 1. The van der Waals surface area contributed by atoms with Gasteiger partial charge in [0.25, 0.3) is 0 Å². The first-order valence-corrected chi connectivity index (χ1v) is 7.20. The fraction of sp³-hybridized carbons (Fsp3) is 0.176. The van der Waals surface area contributed by atoms with Gasteiger partial charge in [-0.2, -0.15) is 0 Å². The molecule has 0 spiro atoms. The van der Waals surface area contributed by atoms with Crippen molar-refractivity contribution in [3.63, 3.8) is 0 Å². The average molecular weight is 269 g/mol. The van der Waals surface area contributed by atoms with Crippen LogP contribution in [0, 0.1) is 0 Å². The molecule has 0 heterocycles. The molecule has 0 saturated carbocycles. The molecule has 0 aliphatic heterocycles. The summed E-state index contributed by atoms with van der Waals surface area (Å²) in [4.78, 5) is 4.76. The van der Waals surface area contributed by atoms with Crippen molar-refractivity contribution in [1.29, 1.82) is 0 Å². The molecular weight excluding hydrogens is 250 g/mol. The van der Waals surface area contributed by atoms with Gasteiger partial charge in [0.15, 0.2) is 0 Å². The summed E-state index contributed by atoms with van der Waals surface area (Å²) in [6.07, 6.45) is 2.28. The van der Waals surface area contributed by atoms with E-state index in [4.69, 9.17) is 0 Å². The molecule has 2 aromatic carbocycles. The minimum absolute atomic E-state index is 0.948. The molecule has 0 amide bonds. The maximum atomic E-state index is 2.28. The van der Waals surface area contributed by atoms with E-state index in [1.54, 1.807) is 0 Å². The lowest BCUT2D eigenvalue weighted by molar-refractivity contribution is 0.457. The van der Waals surface area contributed by atoms with Crippen LogP contribution in [-0.4, -0.2) is 25.5 Å². The van der Waals surface area contributed by atoms with Crippen molar-refractivity contribution >= 4 is 16.7 Å². The number of benzene rings is 2. The fourth-order valence-corrected chi connectivity index (χ4v) is 2.66. The Balaban J connectivity index is 2.22. The summed E-state index contributed by atoms with van der Waals surface area (Å²) >= 11 is 1.82. The summed E-state index contributed by atoms with van der Waals surface area (Å²) in [5.74, 6) is 0. The molecular formula is C17H19NS. The van der Waals surface area contributed by atoms with Gasteiger partial charge in [-0.05, 0) is 31.8 Å². The molecule has 0 aliphatic carbocycles. The largest absolute Gasteiger partial charge is 0.306 e. The van der Waals surface area contributed by atoms with Gasteiger partial charge in [-0.15, -0.1) is 0 Å². The first-order valence-electron chi connectivity index (χ1n) is 6.39. The highest BCUT2D eigenvalue weighted by Gasteiger charge is 2.03. The SMILES string of the molecule is CN(C)CC=C(Sc1ccccc1)c1ccccc1. The van der Waals surface area contributed by atoms with Crippen molar-refractivity contribution in [1.82, 2.24) is 4.90 Å². The Hall–Kier alpha value is -1.51. The van der Waals surface area contributed by atoms with Crippen molar-refractivity contribution in [2.24, 2.45) is 0 Å². The molecule has 1 nitrogen and oxygen atoms in total. The molecule has 0 bridgehead atoms. The van der Waals surface area contributed by atoms with Crippen LogP contribution >= 0.6 is 11.8 Å². The highest BCUT2D eigenvalue weighted by Crippen LogP contribution is 2.33. The predicted molar refractivity (Wildman–Crippen MR) is 85.3 cm³/mol. The Labute approximate surface area is 120 Å². The predicted octanol–water partition coefficient (Wildman–Crippen LogP) is 4.38. The van der Waals surface area contributed by atoms with E-state index in [9.17, 15) is 0 Å². The minimum atomic E-state index is 0.948. The highest BCUT2D eigenvalue weighted by molar-refractivity contribution is 8.08. The third kappa shape index (κ3) is 4.58. The van der Waals surface area contributed by atoms with Crippen LogP contribution in [0.2, 0.25) is 0 Å². The van der Waals surface area contributed by atoms with Gasteiger partial charge in [0.2, 0.25) is 0 Å². The van der Waals surface area contributed by atoms with Crippen molar-refractivity contribution in [2.75, 3.05) is 20.6 Å². The monoisotopic (exact) mass is 269 g/mol. The standard InChI is InChI=1S/C17H19NS/c1-18(2)14-13-17(15-9-5-3-6-10-15)19-16-11-7-4-8-12-16/h3-13H,14H2,1-2H3. The first kappa shape index (κ1) is 13.9. The Kier molecular flexibility index (Phi) is 5.25. The average Bonchev–Trinajstić information content (AvgIpc) is 2.45. The number of hydrogen-bond donors (Lipinski definition) is 0. The molecule has 19 heavy (non-hydrogen) atoms. The molecule has 98 valence electrons. The van der Waals surface area contributed by atoms with E-state index in [2.05, 4.69) is 85.7 Å². The summed E-state index contributed by atoms with van der Waals surface area (Å²) in [6, 6.07) is 21.1. The van der Waals surface area contributed by atoms with Crippen LogP contribution in [0.15, 0.2) is 71.6 Å². The molecule has 0 fully saturated rings. The molecule has 0 aromatic heterocycles. The van der Waals surface area contributed by atoms with Gasteiger partial charge in [-0.25, -0.2) is 0 Å². The van der Waals surface area contributed by atoms with E-state index in [-0.39, 0.29) is 0 Å². The second kappa shape index (κ2) is 7.17. The molecule has 0 aliphatic rings. The molecule has 0 unspecified atom stereocenters. The maximum absolute atomic E-state index is 2.28. The van der Waals surface area contributed by atoms with Crippen LogP contribution in [0.3, 0.4) is 0 Å². The number of thioether (sulfide) groups is 1. The zero-order valence-corrected chi connectivity index (χ0v) is 12.2. The highest BCUT2D eigenvalue weighted by atomic mass is 32.2. The summed E-state index contributed by atoms with van der Waals surface area (Å²) in [5.41, 5.74) is 1.28. The number of likely N-dealkylation sites (N-methyl/N-ethyl adjacent to an activating group) is 1. The lowest BCUT2D eigenvalue weighted by Gasteiger charge is -2.10. The molecule has 0 atom stereocenters. The van der Waals surface area contributed by atoms with Gasteiger partial charge in [0, 0.05) is 16.3 Å². The van der Waals surface area contributed by atoms with E-state index in [0.29, 0.717) is 0 Å². The minimum Gasteiger partial charge on any atom is -0.306 e. The first-order chi connectivity index (χ1) is 9.25. The third-order valence-electron chi connectivity index (χ3n) is 2.67. The van der Waals surface area contributed by atoms with Gasteiger partial charge in [-0.3, -0.25) is 0 Å². The van der Waals surface area contributed by atoms with Crippen LogP contribution in [0.1, 0.15) is 5.56 Å². The lowest BCUT2D eigenvalue weighted by Crippen LogP contribution is -2.10. The Morgan fingerprint density at radius 1 is 0.947 bits per heavy atom. The van der Waals surface area contributed by atoms with Gasteiger partial charge < -0.3 is 4.90 Å². The number of rotatable bonds is 5. The van der Waals surface area contributed by atoms with Crippen LogP contribution in [0.4, 0.5) is 0 Å². The zero-order valence-electron chi connectivity index (χ0n) is 11.4. The van der Waals surface area contributed by atoms with Gasteiger partial charge in [0.1, 0.15) is 0 Å². The van der Waals surface area contributed by atoms with E-state index >= 15 is 0 Å². The lowest BCUT2D eigenvalue weighted by atomic mass is 10.2. The van der Waals surface area contributed by atoms with Crippen molar-refractivity contribution in [2.45, 2.75) is 4.90 Å². The summed E-state index contributed by atoms with van der Waals surface area (Å²) in [5, 5.41) is 0. The smallest absolute Gasteiger partial charge is 0.0171 e. The molecule has 0 saturated heterocycles. The van der Waals surface area contributed by atoms with Gasteiger partial charge in [-0.1, -0.05) is 66.4 Å². The third-order valence-corrected chi connectivity index (χ3v) is 3.80. The van der Waals surface area contributed by atoms with Crippen LogP contribution < -0.4 is 0 Å². The van der Waals surface area contributed by atoms with Crippen LogP contribution in [-0.2, 0) is 0 Å². The van der Waals surface area contributed by atoms with E-state index in [1.807, 2.05) is 11.8 Å². The topological polar surface area (TPSA) is 3.24 Å². The normalized spacial score (nSPS) is 11.8. The van der Waals surface area contributed by atoms with Crippen LogP contribution in [0.5, 0.6) is 0 Å². The van der Waals surface area contributed by atoms with Crippen LogP contribution in [0.25, 0.3) is 4.91 Å². The Bertz CT molecular complexity index is 517. The van der Waals surface area contributed by atoms with E-state index < -0.39 is 0 Å². The summed E-state index contributed by atoms with van der Waals surface area (Å²) < 4.78 is 0. The van der Waals surface area contributed by atoms with E-state index in [1.165, 1.54) is 15.4 Å². The van der Waals surface area contributed by atoms with Crippen molar-refractivity contribution < 1.29 is 0 Å². The second-order valence-electron chi connectivity index (χ2n) is 4.61. The molecule has 0 N–H and O–H groups in total. The maximum Gasteiger partial charge on any atom is 0.0171 e. The molecule has 2 heteroatoms. The van der Waals surface area contributed by atoms with E-state index in [0.717, 1.165) is 6.54 Å². The van der Waals surface area contributed by atoms with Crippen molar-refractivity contribution in [3.8, 4) is 0 Å². The number of hydrogen-bond acceptors (Lipinski definition) is 2. The summed E-state index contributed by atoms with van der Waals surface area (Å²) in [6.45, 7) is 0.948.